The van der Waals surface area contributed by atoms with Crippen LogP contribution >= 0.6 is 0 Å². The highest BCUT2D eigenvalue weighted by Crippen LogP contribution is 2.38. The number of rotatable bonds is 5. The Morgan fingerprint density at radius 3 is 1.05 bits per heavy atom. The fraction of sp³-hybridized carbons (Fsp3) is 0. The molecule has 8 aromatic carbocycles. The highest BCUT2D eigenvalue weighted by Gasteiger charge is 2.22. The lowest BCUT2D eigenvalue weighted by Gasteiger charge is -2.15. The van der Waals surface area contributed by atoms with Gasteiger partial charge >= 0.3 is 0 Å². The third-order valence-corrected chi connectivity index (χ3v) is 11.3. The van der Waals surface area contributed by atoms with Crippen LogP contribution in [-0.2, 0) is 0 Å². The zero-order valence-electron chi connectivity index (χ0n) is 30.7. The van der Waals surface area contributed by atoms with Gasteiger partial charge in [-0.2, -0.15) is 15.0 Å². The predicted molar refractivity (Wildman–Crippen MR) is 234 cm³/mol. The van der Waals surface area contributed by atoms with Gasteiger partial charge in [0.25, 0.3) is 0 Å². The van der Waals surface area contributed by atoms with E-state index in [4.69, 9.17) is 15.0 Å². The smallest absolute Gasteiger partial charge is 0.240 e. The fourth-order valence-corrected chi connectivity index (χ4v) is 8.89. The van der Waals surface area contributed by atoms with Crippen molar-refractivity contribution in [2.45, 2.75) is 0 Å². The topological polar surface area (TPSA) is 53.5 Å². The lowest BCUT2D eigenvalue weighted by Crippen LogP contribution is -2.10. The van der Waals surface area contributed by atoms with Gasteiger partial charge < -0.3 is 4.57 Å². The maximum Gasteiger partial charge on any atom is 0.240 e. The molecule has 0 saturated heterocycles. The van der Waals surface area contributed by atoms with Crippen LogP contribution in [0.5, 0.6) is 0 Å². The first-order valence-electron chi connectivity index (χ1n) is 19.2. The Hall–Kier alpha value is -7.83. The van der Waals surface area contributed by atoms with E-state index in [1.54, 1.807) is 0 Å². The highest BCUT2D eigenvalue weighted by molar-refractivity contribution is 6.11. The molecule has 0 aliphatic rings. The molecule has 0 aliphatic carbocycles. The summed E-state index contributed by atoms with van der Waals surface area (Å²) in [6.07, 6.45) is 0. The van der Waals surface area contributed by atoms with Crippen molar-refractivity contribution in [3.8, 4) is 40.1 Å². The Morgan fingerprint density at radius 2 is 0.632 bits per heavy atom. The molecule has 6 nitrogen and oxygen atoms in total. The Kier molecular flexibility index (Phi) is 6.83. The maximum atomic E-state index is 5.38. The van der Waals surface area contributed by atoms with E-state index in [-0.39, 0.29) is 0 Å². The number of nitrogens with zero attached hydrogens (tertiary/aromatic N) is 6. The quantitative estimate of drug-likeness (QED) is 0.177. The van der Waals surface area contributed by atoms with Crippen LogP contribution in [0.4, 0.5) is 0 Å². The number of hydrogen-bond acceptors (Lipinski definition) is 3. The Labute approximate surface area is 327 Å². The SMILES string of the molecule is c1cc(-c2ccccc2-c2nc(-n3c4ccccc4c4ccccc43)nc(-n3c4ccccc4c4ccccc43)n2)cc(-n2c3ccccc3c3ccccc32)c1. The Morgan fingerprint density at radius 1 is 0.281 bits per heavy atom. The molecule has 0 amide bonds. The van der Waals surface area contributed by atoms with Gasteiger partial charge in [-0.15, -0.1) is 0 Å². The fourth-order valence-electron chi connectivity index (χ4n) is 8.89. The normalized spacial score (nSPS) is 11.9. The van der Waals surface area contributed by atoms with E-state index < -0.39 is 0 Å². The monoisotopic (exact) mass is 728 g/mol. The molecule has 4 heterocycles. The number of hydrogen-bond donors (Lipinski definition) is 0. The second-order valence-corrected chi connectivity index (χ2v) is 14.5. The van der Waals surface area contributed by atoms with Crippen LogP contribution in [0.2, 0.25) is 0 Å². The largest absolute Gasteiger partial charge is 0.309 e. The van der Waals surface area contributed by atoms with Crippen molar-refractivity contribution in [3.63, 3.8) is 0 Å². The van der Waals surface area contributed by atoms with E-state index in [0.29, 0.717) is 17.7 Å². The van der Waals surface area contributed by atoms with Crippen molar-refractivity contribution in [2.75, 3.05) is 0 Å². The van der Waals surface area contributed by atoms with E-state index in [9.17, 15) is 0 Å². The summed E-state index contributed by atoms with van der Waals surface area (Å²) in [5.74, 6) is 1.71. The van der Waals surface area contributed by atoms with E-state index >= 15 is 0 Å². The van der Waals surface area contributed by atoms with Gasteiger partial charge in [-0.25, -0.2) is 0 Å². The minimum absolute atomic E-state index is 0.558. The molecule has 0 N–H and O–H groups in total. The molecule has 0 spiro atoms. The zero-order valence-corrected chi connectivity index (χ0v) is 30.7. The first kappa shape index (κ1) is 31.5. The molecule has 4 aromatic heterocycles. The standard InChI is InChI=1S/C51H32N6/c1-2-25-42(35(18-1)33-16-15-17-34(32-33)55-43-26-9-3-19-36(43)37-20-4-10-27-44(37)55)49-52-50(56-45-28-11-5-21-38(45)39-22-6-12-29-46(39)56)54-51(53-49)57-47-30-13-7-23-40(47)41-24-8-14-31-48(41)57/h1-32H. The number of fused-ring (bicyclic) bond motifs is 9. The molecular weight excluding hydrogens is 697 g/mol. The van der Waals surface area contributed by atoms with Gasteiger partial charge in [-0.1, -0.05) is 146 Å². The minimum Gasteiger partial charge on any atom is -0.309 e. The van der Waals surface area contributed by atoms with E-state index in [1.165, 1.54) is 21.8 Å². The number of para-hydroxylation sites is 6. The van der Waals surface area contributed by atoms with Gasteiger partial charge in [-0.05, 0) is 59.7 Å². The molecule has 0 atom stereocenters. The molecule has 6 heteroatoms. The van der Waals surface area contributed by atoms with Gasteiger partial charge in [0.05, 0.1) is 33.1 Å². The Balaban J connectivity index is 1.13. The van der Waals surface area contributed by atoms with Crippen molar-refractivity contribution in [1.82, 2.24) is 28.7 Å². The molecule has 0 saturated carbocycles. The van der Waals surface area contributed by atoms with E-state index in [2.05, 4.69) is 208 Å². The van der Waals surface area contributed by atoms with Crippen LogP contribution in [0.1, 0.15) is 0 Å². The summed E-state index contributed by atoms with van der Waals surface area (Å²) in [6.45, 7) is 0. The first-order chi connectivity index (χ1) is 28.3. The Bertz CT molecular complexity index is 3260. The molecule has 12 aromatic rings. The second kappa shape index (κ2) is 12.3. The van der Waals surface area contributed by atoms with Crippen LogP contribution in [0.3, 0.4) is 0 Å². The summed E-state index contributed by atoms with van der Waals surface area (Å²) in [4.78, 5) is 16.1. The van der Waals surface area contributed by atoms with Crippen LogP contribution in [0, 0.1) is 0 Å². The van der Waals surface area contributed by atoms with Crippen molar-refractivity contribution in [2.24, 2.45) is 0 Å². The van der Waals surface area contributed by atoms with Gasteiger partial charge in [-0.3, -0.25) is 9.13 Å². The lowest BCUT2D eigenvalue weighted by molar-refractivity contribution is 0.893. The van der Waals surface area contributed by atoms with Crippen LogP contribution < -0.4 is 0 Å². The second-order valence-electron chi connectivity index (χ2n) is 14.5. The van der Waals surface area contributed by atoms with Crippen molar-refractivity contribution in [3.05, 3.63) is 194 Å². The van der Waals surface area contributed by atoms with Gasteiger partial charge in [0.1, 0.15) is 0 Å². The molecule has 0 aliphatic heterocycles. The molecule has 0 radical (unpaired) electrons. The third kappa shape index (κ3) is 4.74. The third-order valence-electron chi connectivity index (χ3n) is 11.3. The van der Waals surface area contributed by atoms with Crippen molar-refractivity contribution < 1.29 is 0 Å². The van der Waals surface area contributed by atoms with Crippen LogP contribution in [0.25, 0.3) is 106 Å². The zero-order chi connectivity index (χ0) is 37.5. The summed E-state index contributed by atoms with van der Waals surface area (Å²) in [7, 11) is 0. The molecule has 57 heavy (non-hydrogen) atoms. The van der Waals surface area contributed by atoms with Gasteiger partial charge in [0, 0.05) is 43.6 Å². The average molecular weight is 729 g/mol. The first-order valence-corrected chi connectivity index (χ1v) is 19.2. The summed E-state index contributed by atoms with van der Waals surface area (Å²) in [5.41, 5.74) is 10.6. The predicted octanol–water partition coefficient (Wildman–Crippen LogP) is 12.5. The van der Waals surface area contributed by atoms with Crippen LogP contribution in [-0.4, -0.2) is 28.7 Å². The lowest BCUT2D eigenvalue weighted by atomic mass is 9.98. The van der Waals surface area contributed by atoms with Crippen LogP contribution in [0.15, 0.2) is 194 Å². The van der Waals surface area contributed by atoms with Gasteiger partial charge in [0.15, 0.2) is 5.82 Å². The number of aromatic nitrogens is 6. The molecular formula is C51H32N6. The molecule has 0 unspecified atom stereocenters. The molecule has 266 valence electrons. The minimum atomic E-state index is 0.558. The summed E-state index contributed by atoms with van der Waals surface area (Å²) in [5, 5.41) is 7.07. The van der Waals surface area contributed by atoms with Gasteiger partial charge in [0.2, 0.25) is 11.9 Å². The molecule has 0 bridgehead atoms. The van der Waals surface area contributed by atoms with Crippen molar-refractivity contribution >= 4 is 65.4 Å². The maximum absolute atomic E-state index is 5.38. The molecule has 0 fully saturated rings. The molecule has 12 rings (SSSR count). The summed E-state index contributed by atoms with van der Waals surface area (Å²) in [6, 6.07) is 68.4. The van der Waals surface area contributed by atoms with E-state index in [0.717, 1.165) is 66.0 Å². The van der Waals surface area contributed by atoms with E-state index in [1.807, 2.05) is 0 Å². The highest BCUT2D eigenvalue weighted by atomic mass is 15.3. The summed E-state index contributed by atoms with van der Waals surface area (Å²) < 4.78 is 6.72. The summed E-state index contributed by atoms with van der Waals surface area (Å²) >= 11 is 0. The van der Waals surface area contributed by atoms with Crippen molar-refractivity contribution in [1.29, 1.82) is 0 Å². The average Bonchev–Trinajstić information content (AvgIpc) is 3.92. The number of benzene rings is 8.